The Labute approximate surface area is 221 Å². The predicted molar refractivity (Wildman–Crippen MR) is 138 cm³/mol. The number of hydrogen-bond acceptors (Lipinski definition) is 5. The van der Waals surface area contributed by atoms with E-state index >= 15 is 4.39 Å². The van der Waals surface area contributed by atoms with Crippen molar-refractivity contribution in [2.75, 3.05) is 18.4 Å². The molecule has 0 bridgehead atoms. The largest absolute Gasteiger partial charge is 0.366 e. The van der Waals surface area contributed by atoms with E-state index in [-0.39, 0.29) is 42.1 Å². The number of nitrogens with one attached hydrogen (secondary N) is 1. The number of halogens is 3. The molecule has 1 saturated heterocycles. The number of benzene rings is 2. The number of hydrogen-bond donors (Lipinski definition) is 2. The van der Waals surface area contributed by atoms with Gasteiger partial charge in [0.25, 0.3) is 0 Å². The summed E-state index contributed by atoms with van der Waals surface area (Å²) in [6, 6.07) is 10.1. The molecule has 3 amide bonds. The summed E-state index contributed by atoms with van der Waals surface area (Å²) in [5, 5.41) is 4.51. The molecular formula is C26H23ClF2N4O3S. The number of nitrogens with two attached hydrogens (primary N) is 1. The Bertz CT molecular complexity index is 1340. The average molecular weight is 545 g/mol. The molecular weight excluding hydrogens is 522 g/mol. The van der Waals surface area contributed by atoms with Crippen molar-refractivity contribution in [3.63, 3.8) is 0 Å². The third-order valence-electron chi connectivity index (χ3n) is 6.70. The van der Waals surface area contributed by atoms with E-state index in [9.17, 15) is 18.8 Å². The Kier molecular flexibility index (Phi) is 6.96. The molecule has 3 N–H and O–H groups in total. The number of likely N-dealkylation sites (tertiary alicyclic amines) is 1. The van der Waals surface area contributed by atoms with E-state index in [1.165, 1.54) is 22.7 Å². The maximum absolute atomic E-state index is 15.3. The molecule has 0 saturated carbocycles. The lowest BCUT2D eigenvalue weighted by molar-refractivity contribution is -0.137. The maximum atomic E-state index is 15.3. The fourth-order valence-corrected chi connectivity index (χ4v) is 6.28. The smallest absolute Gasteiger partial charge is 0.247 e. The number of amides is 3. The number of nitrogens with zero attached hydrogens (tertiary/aromatic N) is 2. The molecule has 3 aliphatic rings. The van der Waals surface area contributed by atoms with Gasteiger partial charge in [0.05, 0.1) is 24.2 Å². The van der Waals surface area contributed by atoms with Gasteiger partial charge in [-0.25, -0.2) is 8.78 Å². The summed E-state index contributed by atoms with van der Waals surface area (Å²) in [7, 11) is 0. The second-order valence-corrected chi connectivity index (χ2v) is 10.5. The molecule has 2 aromatic carbocycles. The van der Waals surface area contributed by atoms with E-state index in [0.717, 1.165) is 0 Å². The van der Waals surface area contributed by atoms with E-state index in [4.69, 9.17) is 17.3 Å². The first-order chi connectivity index (χ1) is 17.7. The molecule has 3 aliphatic heterocycles. The van der Waals surface area contributed by atoms with E-state index in [2.05, 4.69) is 5.32 Å². The quantitative estimate of drug-likeness (QED) is 0.575. The van der Waals surface area contributed by atoms with Gasteiger partial charge < -0.3 is 20.9 Å². The van der Waals surface area contributed by atoms with Gasteiger partial charge in [-0.1, -0.05) is 48.0 Å². The summed E-state index contributed by atoms with van der Waals surface area (Å²) in [5.74, 6) is -2.64. The molecule has 7 nitrogen and oxygen atoms in total. The molecule has 11 heteroatoms. The van der Waals surface area contributed by atoms with Crippen molar-refractivity contribution in [3.8, 4) is 11.1 Å². The SMILES string of the molecule is NC(=O)C1=CN(CC(=O)N2C[C@H](F)C[C@H]2C(=O)Nc2cccc(-c3ccccc3Cl)c2F)C2SC=CC12. The third kappa shape index (κ3) is 4.83. The fourth-order valence-electron chi connectivity index (χ4n) is 4.92. The van der Waals surface area contributed by atoms with Gasteiger partial charge in [-0.2, -0.15) is 0 Å². The normalized spacial score (nSPS) is 24.2. The first kappa shape index (κ1) is 25.3. The van der Waals surface area contributed by atoms with E-state index in [1.807, 2.05) is 11.5 Å². The number of anilines is 1. The Morgan fingerprint density at radius 1 is 1.14 bits per heavy atom. The molecule has 0 aromatic heterocycles. The molecule has 0 aliphatic carbocycles. The first-order valence-corrected chi connectivity index (χ1v) is 12.9. The van der Waals surface area contributed by atoms with Crippen molar-refractivity contribution in [1.82, 2.24) is 9.80 Å². The standard InChI is InChI=1S/C26H23ClF2N4O3S/c27-19-6-2-1-4-15(19)16-5-3-7-20(23(16)29)31-25(36)21-10-14(28)11-33(21)22(34)13-32-12-18(24(30)35)17-8-9-37-26(17)32/h1-9,12,14,17,21,26H,10-11,13H2,(H2,30,35)(H,31,36)/t14-,17?,21+,26?/m1/s1. The van der Waals surface area contributed by atoms with E-state index < -0.39 is 35.8 Å². The highest BCUT2D eigenvalue weighted by atomic mass is 35.5. The lowest BCUT2D eigenvalue weighted by Gasteiger charge is -2.29. The Balaban J connectivity index is 1.32. The van der Waals surface area contributed by atoms with Crippen LogP contribution in [0.3, 0.4) is 0 Å². The van der Waals surface area contributed by atoms with Gasteiger partial charge in [-0.05, 0) is 17.5 Å². The van der Waals surface area contributed by atoms with E-state index in [0.29, 0.717) is 16.2 Å². The summed E-state index contributed by atoms with van der Waals surface area (Å²) >= 11 is 7.66. The number of thioether (sulfide) groups is 1. The second kappa shape index (κ2) is 10.2. The second-order valence-electron chi connectivity index (χ2n) is 9.03. The van der Waals surface area contributed by atoms with Crippen LogP contribution in [0, 0.1) is 11.7 Å². The summed E-state index contributed by atoms with van der Waals surface area (Å²) in [5.41, 5.74) is 6.44. The first-order valence-electron chi connectivity index (χ1n) is 11.6. The zero-order chi connectivity index (χ0) is 26.3. The highest BCUT2D eigenvalue weighted by Gasteiger charge is 2.43. The number of primary amides is 1. The van der Waals surface area contributed by atoms with Crippen LogP contribution in [-0.2, 0) is 14.4 Å². The maximum Gasteiger partial charge on any atom is 0.247 e. The van der Waals surface area contributed by atoms with Gasteiger partial charge >= 0.3 is 0 Å². The van der Waals surface area contributed by atoms with Crippen LogP contribution >= 0.6 is 23.4 Å². The fraction of sp³-hybridized carbons (Fsp3) is 0.269. The van der Waals surface area contributed by atoms with Gasteiger partial charge in [-0.15, -0.1) is 11.8 Å². The Morgan fingerprint density at radius 3 is 2.65 bits per heavy atom. The highest BCUT2D eigenvalue weighted by Crippen LogP contribution is 2.42. The van der Waals surface area contributed by atoms with Gasteiger partial charge in [0.1, 0.15) is 12.2 Å². The summed E-state index contributed by atoms with van der Waals surface area (Å²) in [4.78, 5) is 41.0. The lowest BCUT2D eigenvalue weighted by Crippen LogP contribution is -2.47. The highest BCUT2D eigenvalue weighted by molar-refractivity contribution is 8.03. The van der Waals surface area contributed by atoms with Gasteiger partial charge in [0.2, 0.25) is 17.7 Å². The van der Waals surface area contributed by atoms with Crippen molar-refractivity contribution in [3.05, 3.63) is 76.6 Å². The molecule has 0 spiro atoms. The molecule has 192 valence electrons. The van der Waals surface area contributed by atoms with Gasteiger partial charge in [-0.3, -0.25) is 14.4 Å². The zero-order valence-corrected chi connectivity index (χ0v) is 21.0. The number of rotatable bonds is 6. The van der Waals surface area contributed by atoms with Crippen LogP contribution in [0.4, 0.5) is 14.5 Å². The summed E-state index contributed by atoms with van der Waals surface area (Å²) in [6.07, 6.45) is 1.81. The molecule has 3 heterocycles. The molecule has 2 aromatic rings. The summed E-state index contributed by atoms with van der Waals surface area (Å²) < 4.78 is 29.8. The number of fused-ring (bicyclic) bond motifs is 1. The van der Waals surface area contributed by atoms with Crippen LogP contribution in [0.1, 0.15) is 6.42 Å². The van der Waals surface area contributed by atoms with Crippen molar-refractivity contribution < 1.29 is 23.2 Å². The van der Waals surface area contributed by atoms with Crippen LogP contribution in [-0.4, -0.2) is 58.2 Å². The lowest BCUT2D eigenvalue weighted by atomic mass is 10.0. The zero-order valence-electron chi connectivity index (χ0n) is 19.4. The molecule has 5 rings (SSSR count). The Morgan fingerprint density at radius 2 is 1.89 bits per heavy atom. The van der Waals surface area contributed by atoms with Crippen LogP contribution in [0.5, 0.6) is 0 Å². The summed E-state index contributed by atoms with van der Waals surface area (Å²) in [6.45, 7) is -0.405. The van der Waals surface area contributed by atoms with Crippen LogP contribution < -0.4 is 11.1 Å². The molecule has 4 atom stereocenters. The van der Waals surface area contributed by atoms with Crippen LogP contribution in [0.15, 0.2) is 65.7 Å². The van der Waals surface area contributed by atoms with Gasteiger partial charge in [0, 0.05) is 40.3 Å². The number of alkyl halides is 1. The van der Waals surface area contributed by atoms with Crippen molar-refractivity contribution in [2.24, 2.45) is 11.7 Å². The molecule has 0 radical (unpaired) electrons. The Hall–Kier alpha value is -3.37. The predicted octanol–water partition coefficient (Wildman–Crippen LogP) is 3.91. The van der Waals surface area contributed by atoms with Crippen molar-refractivity contribution in [1.29, 1.82) is 0 Å². The molecule has 1 fully saturated rings. The topological polar surface area (TPSA) is 95.7 Å². The minimum absolute atomic E-state index is 0.0954. The van der Waals surface area contributed by atoms with Crippen LogP contribution in [0.2, 0.25) is 5.02 Å². The monoisotopic (exact) mass is 544 g/mol. The number of carbonyl (C=O) groups excluding carboxylic acids is 3. The minimum Gasteiger partial charge on any atom is -0.366 e. The minimum atomic E-state index is -1.40. The van der Waals surface area contributed by atoms with Gasteiger partial charge in [0.15, 0.2) is 5.82 Å². The molecule has 2 unspecified atom stereocenters. The average Bonchev–Trinajstić information content (AvgIpc) is 3.57. The van der Waals surface area contributed by atoms with Crippen molar-refractivity contribution >= 4 is 46.8 Å². The molecule has 37 heavy (non-hydrogen) atoms. The third-order valence-corrected chi connectivity index (χ3v) is 8.18. The number of carbonyl (C=O) groups is 3. The van der Waals surface area contributed by atoms with Crippen molar-refractivity contribution in [2.45, 2.75) is 24.0 Å². The van der Waals surface area contributed by atoms with E-state index in [1.54, 1.807) is 47.5 Å². The van der Waals surface area contributed by atoms with Crippen LogP contribution in [0.25, 0.3) is 11.1 Å².